The summed E-state index contributed by atoms with van der Waals surface area (Å²) in [5.74, 6) is -0.296. The van der Waals surface area contributed by atoms with Crippen molar-refractivity contribution in [1.29, 1.82) is 0 Å². The SMILES string of the molecule is O=C(c1ccc(O)cc1)c1ccc(C(=O)c2ccc(Cl)c(Cl)c2)cc1. The van der Waals surface area contributed by atoms with E-state index in [9.17, 15) is 14.7 Å². The zero-order chi connectivity index (χ0) is 18.0. The van der Waals surface area contributed by atoms with E-state index >= 15 is 0 Å². The molecule has 0 aromatic heterocycles. The highest BCUT2D eigenvalue weighted by Crippen LogP contribution is 2.24. The molecule has 0 unspecified atom stereocenters. The van der Waals surface area contributed by atoms with Crippen LogP contribution in [0.1, 0.15) is 31.8 Å². The number of aromatic hydroxyl groups is 1. The van der Waals surface area contributed by atoms with Crippen molar-refractivity contribution in [3.8, 4) is 5.75 Å². The second kappa shape index (κ2) is 7.09. The van der Waals surface area contributed by atoms with Crippen LogP contribution in [-0.2, 0) is 0 Å². The lowest BCUT2D eigenvalue weighted by Gasteiger charge is -2.05. The van der Waals surface area contributed by atoms with Gasteiger partial charge in [-0.25, -0.2) is 0 Å². The first-order chi connectivity index (χ1) is 12.0. The standard InChI is InChI=1S/C20H12Cl2O3/c21-17-10-7-15(11-18(17)22)20(25)13-3-1-12(2-4-13)19(24)14-5-8-16(23)9-6-14/h1-11,23H. The number of benzene rings is 3. The lowest BCUT2D eigenvalue weighted by atomic mass is 9.98. The first-order valence-corrected chi connectivity index (χ1v) is 8.15. The smallest absolute Gasteiger partial charge is 0.193 e. The molecule has 0 spiro atoms. The monoisotopic (exact) mass is 370 g/mol. The Balaban J connectivity index is 1.84. The van der Waals surface area contributed by atoms with Gasteiger partial charge in [0.05, 0.1) is 10.0 Å². The van der Waals surface area contributed by atoms with Gasteiger partial charge in [-0.05, 0) is 42.5 Å². The molecule has 0 atom stereocenters. The third-order valence-corrected chi connectivity index (χ3v) is 4.46. The summed E-state index contributed by atoms with van der Waals surface area (Å²) in [4.78, 5) is 24.9. The Kier molecular flexibility index (Phi) is 4.88. The first-order valence-electron chi connectivity index (χ1n) is 7.39. The van der Waals surface area contributed by atoms with Crippen LogP contribution >= 0.6 is 23.2 Å². The highest BCUT2D eigenvalue weighted by atomic mass is 35.5. The summed E-state index contributed by atoms with van der Waals surface area (Å²) in [6.07, 6.45) is 0. The van der Waals surface area contributed by atoms with Gasteiger partial charge in [0.25, 0.3) is 0 Å². The first kappa shape index (κ1) is 17.2. The maximum Gasteiger partial charge on any atom is 0.193 e. The molecule has 0 aliphatic carbocycles. The van der Waals surface area contributed by atoms with Crippen LogP contribution < -0.4 is 0 Å². The van der Waals surface area contributed by atoms with E-state index in [-0.39, 0.29) is 17.3 Å². The normalized spacial score (nSPS) is 10.5. The van der Waals surface area contributed by atoms with Crippen molar-refractivity contribution >= 4 is 34.8 Å². The van der Waals surface area contributed by atoms with Crippen molar-refractivity contribution < 1.29 is 14.7 Å². The molecule has 0 radical (unpaired) electrons. The van der Waals surface area contributed by atoms with Crippen molar-refractivity contribution in [3.05, 3.63) is 99.0 Å². The summed E-state index contributed by atoms with van der Waals surface area (Å²) >= 11 is 11.8. The fraction of sp³-hybridized carbons (Fsp3) is 0. The lowest BCUT2D eigenvalue weighted by molar-refractivity contribution is 0.102. The van der Waals surface area contributed by atoms with Crippen molar-refractivity contribution in [2.75, 3.05) is 0 Å². The Hall–Kier alpha value is -2.62. The van der Waals surface area contributed by atoms with Gasteiger partial charge in [-0.15, -0.1) is 0 Å². The maximum atomic E-state index is 12.5. The predicted octanol–water partition coefficient (Wildman–Crippen LogP) is 5.16. The molecule has 0 saturated heterocycles. The van der Waals surface area contributed by atoms with Gasteiger partial charge in [-0.1, -0.05) is 47.5 Å². The Bertz CT molecular complexity index is 946. The van der Waals surface area contributed by atoms with Crippen LogP contribution in [0.25, 0.3) is 0 Å². The van der Waals surface area contributed by atoms with Gasteiger partial charge < -0.3 is 5.11 Å². The van der Waals surface area contributed by atoms with Crippen molar-refractivity contribution in [2.45, 2.75) is 0 Å². The number of halogens is 2. The van der Waals surface area contributed by atoms with Gasteiger partial charge >= 0.3 is 0 Å². The Morgan fingerprint density at radius 3 is 1.48 bits per heavy atom. The number of rotatable bonds is 4. The van der Waals surface area contributed by atoms with Crippen molar-refractivity contribution in [2.24, 2.45) is 0 Å². The minimum Gasteiger partial charge on any atom is -0.508 e. The lowest BCUT2D eigenvalue weighted by Crippen LogP contribution is -2.04. The molecule has 0 bridgehead atoms. The number of carbonyl (C=O) groups excluding carboxylic acids is 2. The third-order valence-electron chi connectivity index (χ3n) is 3.72. The van der Waals surface area contributed by atoms with E-state index in [1.54, 1.807) is 48.5 Å². The van der Waals surface area contributed by atoms with Crippen LogP contribution in [0.5, 0.6) is 5.75 Å². The molecular weight excluding hydrogens is 359 g/mol. The largest absolute Gasteiger partial charge is 0.508 e. The molecule has 3 nitrogen and oxygen atoms in total. The second-order valence-corrected chi connectivity index (χ2v) is 6.23. The maximum absolute atomic E-state index is 12.5. The van der Waals surface area contributed by atoms with E-state index < -0.39 is 0 Å². The van der Waals surface area contributed by atoms with E-state index in [4.69, 9.17) is 23.2 Å². The Labute approximate surface area is 154 Å². The van der Waals surface area contributed by atoms with Gasteiger partial charge in [0, 0.05) is 22.3 Å². The molecule has 124 valence electrons. The molecule has 0 aliphatic rings. The summed E-state index contributed by atoms with van der Waals surface area (Å²) in [5, 5.41) is 9.98. The molecule has 3 rings (SSSR count). The third kappa shape index (κ3) is 3.73. The number of phenolic OH excluding ortho intramolecular Hbond substituents is 1. The average molecular weight is 371 g/mol. The number of hydrogen-bond acceptors (Lipinski definition) is 3. The van der Waals surface area contributed by atoms with E-state index in [0.717, 1.165) is 0 Å². The van der Waals surface area contributed by atoms with E-state index in [1.807, 2.05) is 0 Å². The van der Waals surface area contributed by atoms with Crippen LogP contribution in [0, 0.1) is 0 Å². The summed E-state index contributed by atoms with van der Waals surface area (Å²) in [7, 11) is 0. The quantitative estimate of drug-likeness (QED) is 0.645. The predicted molar refractivity (Wildman–Crippen MR) is 97.9 cm³/mol. The van der Waals surface area contributed by atoms with Crippen LogP contribution in [0.3, 0.4) is 0 Å². The Morgan fingerprint density at radius 2 is 1.00 bits per heavy atom. The molecule has 25 heavy (non-hydrogen) atoms. The van der Waals surface area contributed by atoms with Crippen LogP contribution in [0.15, 0.2) is 66.7 Å². The molecule has 3 aromatic carbocycles. The molecular formula is C20H12Cl2O3. The molecule has 0 fully saturated rings. The summed E-state index contributed by atoms with van der Waals surface area (Å²) in [6.45, 7) is 0. The van der Waals surface area contributed by atoms with Gasteiger partial charge in [0.1, 0.15) is 5.75 Å². The number of carbonyl (C=O) groups is 2. The van der Waals surface area contributed by atoms with Crippen LogP contribution in [-0.4, -0.2) is 16.7 Å². The fourth-order valence-corrected chi connectivity index (χ4v) is 2.65. The molecule has 5 heteroatoms. The number of hydrogen-bond donors (Lipinski definition) is 1. The molecule has 3 aromatic rings. The molecule has 1 N–H and O–H groups in total. The number of ketones is 2. The second-order valence-electron chi connectivity index (χ2n) is 5.41. The van der Waals surface area contributed by atoms with E-state index in [1.165, 1.54) is 18.2 Å². The van der Waals surface area contributed by atoms with Crippen molar-refractivity contribution in [1.82, 2.24) is 0 Å². The minimum atomic E-state index is -0.206. The van der Waals surface area contributed by atoms with E-state index in [2.05, 4.69) is 0 Å². The van der Waals surface area contributed by atoms with Crippen LogP contribution in [0.4, 0.5) is 0 Å². The molecule has 0 saturated carbocycles. The fourth-order valence-electron chi connectivity index (χ4n) is 2.36. The minimum absolute atomic E-state index is 0.0964. The van der Waals surface area contributed by atoms with Crippen LogP contribution in [0.2, 0.25) is 10.0 Å². The molecule has 0 amide bonds. The highest BCUT2D eigenvalue weighted by Gasteiger charge is 2.13. The van der Waals surface area contributed by atoms with Gasteiger partial charge in [0.2, 0.25) is 0 Å². The van der Waals surface area contributed by atoms with Gasteiger partial charge in [-0.3, -0.25) is 9.59 Å². The zero-order valence-corrected chi connectivity index (χ0v) is 14.4. The topological polar surface area (TPSA) is 54.4 Å². The zero-order valence-electron chi connectivity index (χ0n) is 12.9. The summed E-state index contributed by atoms with van der Waals surface area (Å²) in [5.41, 5.74) is 1.78. The van der Waals surface area contributed by atoms with Gasteiger partial charge in [-0.2, -0.15) is 0 Å². The molecule has 0 aliphatic heterocycles. The average Bonchev–Trinajstić information content (AvgIpc) is 2.63. The van der Waals surface area contributed by atoms with Crippen molar-refractivity contribution in [3.63, 3.8) is 0 Å². The highest BCUT2D eigenvalue weighted by molar-refractivity contribution is 6.42. The number of phenols is 1. The summed E-state index contributed by atoms with van der Waals surface area (Å²) < 4.78 is 0. The summed E-state index contributed by atoms with van der Waals surface area (Å²) in [6, 6.07) is 17.1. The van der Waals surface area contributed by atoms with Gasteiger partial charge in [0.15, 0.2) is 11.6 Å². The molecule has 0 heterocycles. The Morgan fingerprint density at radius 1 is 0.600 bits per heavy atom. The van der Waals surface area contributed by atoms with E-state index in [0.29, 0.717) is 32.3 Å².